The molecule has 0 radical (unpaired) electrons. The molecule has 6 fully saturated rings. The molecule has 4 aliphatic heterocycles. The Morgan fingerprint density at radius 3 is 1.59 bits per heavy atom. The lowest BCUT2D eigenvalue weighted by molar-refractivity contribution is 0.0231. The van der Waals surface area contributed by atoms with Crippen LogP contribution in [0.5, 0.6) is 0 Å². The summed E-state index contributed by atoms with van der Waals surface area (Å²) in [5, 5.41) is 10.7. The third-order valence-electron chi connectivity index (χ3n) is 12.0. The number of piperidine rings is 2. The zero-order valence-corrected chi connectivity index (χ0v) is 30.9. The molecule has 2 aromatic carbocycles. The third-order valence-corrected chi connectivity index (χ3v) is 12.0. The number of carbonyl (C=O) groups is 2. The number of aliphatic hydroxyl groups excluding tert-OH is 1. The molecule has 0 bridgehead atoms. The molecule has 2 N–H and O–H groups in total. The zero-order chi connectivity index (χ0) is 35.7. The van der Waals surface area contributed by atoms with Crippen molar-refractivity contribution in [2.24, 2.45) is 0 Å². The second-order valence-corrected chi connectivity index (χ2v) is 15.3. The molecule has 0 atom stereocenters. The summed E-state index contributed by atoms with van der Waals surface area (Å²) in [6.07, 6.45) is 9.29. The van der Waals surface area contributed by atoms with E-state index in [2.05, 4.69) is 27.1 Å². The maximum absolute atomic E-state index is 12.3. The molecule has 8 rings (SSSR count). The van der Waals surface area contributed by atoms with Crippen LogP contribution in [0.25, 0.3) is 0 Å². The van der Waals surface area contributed by atoms with Crippen LogP contribution < -0.4 is 5.32 Å². The molecule has 2 spiro atoms. The van der Waals surface area contributed by atoms with E-state index in [-0.39, 0.29) is 12.2 Å². The fraction of sp³-hybridized carbons (Fsp3) is 0.650. The van der Waals surface area contributed by atoms with Gasteiger partial charge in [0.15, 0.2) is 0 Å². The Morgan fingerprint density at radius 2 is 1.14 bits per heavy atom. The molecule has 11 heteroatoms. The number of hydrogen-bond donors (Lipinski definition) is 2. The van der Waals surface area contributed by atoms with Crippen LogP contribution in [0, 0.1) is 0 Å². The summed E-state index contributed by atoms with van der Waals surface area (Å²) >= 11 is 0. The molecule has 2 saturated carbocycles. The molecule has 0 unspecified atom stereocenters. The SMILES string of the molecule is CN1CCN(C2CCN(C(=O)OCc3ccccc3)CC2)CC12CC2.CO.O=C(OCc1ccccc1)N1CCC(N2CCNC3(CC3)C2)CC1. The number of likely N-dealkylation sites (N-methyl/N-ethyl adjacent to an activating group) is 1. The summed E-state index contributed by atoms with van der Waals surface area (Å²) in [4.78, 5) is 36.2. The molecular formula is C40H60N6O5. The lowest BCUT2D eigenvalue weighted by Crippen LogP contribution is -2.58. The van der Waals surface area contributed by atoms with E-state index >= 15 is 0 Å². The van der Waals surface area contributed by atoms with Gasteiger partial charge in [0.05, 0.1) is 0 Å². The van der Waals surface area contributed by atoms with Crippen LogP contribution in [-0.2, 0) is 22.7 Å². The number of nitrogens with one attached hydrogen (secondary N) is 1. The van der Waals surface area contributed by atoms with Gasteiger partial charge in [0.1, 0.15) is 13.2 Å². The highest BCUT2D eigenvalue weighted by molar-refractivity contribution is 5.68. The van der Waals surface area contributed by atoms with Crippen LogP contribution >= 0.6 is 0 Å². The van der Waals surface area contributed by atoms with Crippen molar-refractivity contribution < 1.29 is 24.2 Å². The van der Waals surface area contributed by atoms with E-state index < -0.39 is 0 Å². The standard InChI is InChI=1S/C20H29N3O2.C19H27N3O2.CH4O/c1-21-13-14-23(16-20(21)9-10-20)18-7-11-22(12-8-18)19(24)25-15-17-5-3-2-4-6-17;23-18(24-14-16-4-2-1-3-5-16)21-11-6-17(7-12-21)22-13-10-20-19(15-22)8-9-19;1-2/h2-6,18H,7-16H2,1H3;1-5,17,20H,6-15H2;2H,1H3. The molecule has 2 aromatic rings. The Balaban J connectivity index is 0.000000168. The van der Waals surface area contributed by atoms with Crippen LogP contribution in [0.2, 0.25) is 0 Å². The van der Waals surface area contributed by atoms with E-state index in [0.717, 1.165) is 83.2 Å². The molecule has 51 heavy (non-hydrogen) atoms. The molecule has 0 aromatic heterocycles. The molecule has 2 amide bonds. The quantitative estimate of drug-likeness (QED) is 0.454. The first kappa shape index (κ1) is 37.5. The second kappa shape index (κ2) is 17.5. The minimum absolute atomic E-state index is 0.167. The van der Waals surface area contributed by atoms with Gasteiger partial charge in [-0.05, 0) is 69.5 Å². The van der Waals surface area contributed by atoms with Crippen molar-refractivity contribution in [3.05, 3.63) is 71.8 Å². The lowest BCUT2D eigenvalue weighted by Gasteiger charge is -2.45. The van der Waals surface area contributed by atoms with Crippen molar-refractivity contribution in [3.63, 3.8) is 0 Å². The number of likely N-dealkylation sites (tertiary alicyclic amines) is 2. The molecule has 11 nitrogen and oxygen atoms in total. The van der Waals surface area contributed by atoms with E-state index in [1.54, 1.807) is 0 Å². The van der Waals surface area contributed by atoms with Crippen LogP contribution in [-0.4, -0.2) is 145 Å². The topological polar surface area (TPSA) is 101 Å². The van der Waals surface area contributed by atoms with Gasteiger partial charge in [0.2, 0.25) is 0 Å². The fourth-order valence-corrected chi connectivity index (χ4v) is 8.32. The third kappa shape index (κ3) is 10.0. The minimum Gasteiger partial charge on any atom is -0.445 e. The van der Waals surface area contributed by atoms with Gasteiger partial charge in [0.25, 0.3) is 0 Å². The van der Waals surface area contributed by atoms with E-state index in [0.29, 0.717) is 36.4 Å². The second-order valence-electron chi connectivity index (χ2n) is 15.3. The van der Waals surface area contributed by atoms with Crippen LogP contribution in [0.3, 0.4) is 0 Å². The van der Waals surface area contributed by atoms with Crippen molar-refractivity contribution in [3.8, 4) is 0 Å². The van der Waals surface area contributed by atoms with Crippen molar-refractivity contribution in [2.75, 3.05) is 79.6 Å². The van der Waals surface area contributed by atoms with Crippen LogP contribution in [0.15, 0.2) is 60.7 Å². The summed E-state index contributed by atoms with van der Waals surface area (Å²) in [6, 6.07) is 21.0. The number of carbonyl (C=O) groups excluding carboxylic acids is 2. The van der Waals surface area contributed by atoms with Crippen molar-refractivity contribution in [2.45, 2.75) is 87.7 Å². The first-order valence-corrected chi connectivity index (χ1v) is 19.2. The molecule has 4 heterocycles. The summed E-state index contributed by atoms with van der Waals surface area (Å²) in [6.45, 7) is 11.0. The van der Waals surface area contributed by atoms with E-state index in [1.165, 1.54) is 51.9 Å². The average Bonchev–Trinajstić information content (AvgIpc) is 4.14. The van der Waals surface area contributed by atoms with Gasteiger partial charge < -0.3 is 29.7 Å². The number of benzene rings is 2. The first-order valence-electron chi connectivity index (χ1n) is 19.2. The van der Waals surface area contributed by atoms with E-state index in [9.17, 15) is 9.59 Å². The van der Waals surface area contributed by atoms with E-state index in [4.69, 9.17) is 14.6 Å². The number of aliphatic hydroxyl groups is 1. The Kier molecular flexibility index (Phi) is 12.9. The summed E-state index contributed by atoms with van der Waals surface area (Å²) in [5.41, 5.74) is 2.99. The number of ether oxygens (including phenoxy) is 2. The van der Waals surface area contributed by atoms with Crippen molar-refractivity contribution >= 4 is 12.2 Å². The largest absolute Gasteiger partial charge is 0.445 e. The fourth-order valence-electron chi connectivity index (χ4n) is 8.32. The summed E-state index contributed by atoms with van der Waals surface area (Å²) in [7, 11) is 3.27. The highest BCUT2D eigenvalue weighted by atomic mass is 16.6. The van der Waals surface area contributed by atoms with Gasteiger partial charge in [0, 0.05) is 95.7 Å². The van der Waals surface area contributed by atoms with Gasteiger partial charge in [-0.1, -0.05) is 60.7 Å². The number of hydrogen-bond acceptors (Lipinski definition) is 9. The Morgan fingerprint density at radius 1 is 0.667 bits per heavy atom. The van der Waals surface area contributed by atoms with Crippen molar-refractivity contribution in [1.82, 2.24) is 29.8 Å². The van der Waals surface area contributed by atoms with Crippen molar-refractivity contribution in [1.29, 1.82) is 0 Å². The van der Waals surface area contributed by atoms with Gasteiger partial charge in [-0.25, -0.2) is 9.59 Å². The summed E-state index contributed by atoms with van der Waals surface area (Å²) < 4.78 is 10.9. The summed E-state index contributed by atoms with van der Waals surface area (Å²) in [5.74, 6) is 0. The zero-order valence-electron chi connectivity index (χ0n) is 30.9. The van der Waals surface area contributed by atoms with Crippen LogP contribution in [0.4, 0.5) is 9.59 Å². The predicted molar refractivity (Wildman–Crippen MR) is 198 cm³/mol. The monoisotopic (exact) mass is 704 g/mol. The number of nitrogens with zero attached hydrogens (tertiary/aromatic N) is 5. The molecule has 4 saturated heterocycles. The first-order chi connectivity index (χ1) is 24.9. The van der Waals surface area contributed by atoms with Gasteiger partial charge >= 0.3 is 12.2 Å². The van der Waals surface area contributed by atoms with Gasteiger partial charge in [-0.3, -0.25) is 14.7 Å². The smallest absolute Gasteiger partial charge is 0.410 e. The Labute approximate surface area is 304 Å². The number of amides is 2. The minimum atomic E-state index is -0.170. The van der Waals surface area contributed by atoms with Crippen LogP contribution in [0.1, 0.15) is 62.5 Å². The van der Waals surface area contributed by atoms with Gasteiger partial charge in [-0.2, -0.15) is 0 Å². The Bertz CT molecular complexity index is 1370. The predicted octanol–water partition coefficient (Wildman–Crippen LogP) is 4.40. The lowest BCUT2D eigenvalue weighted by atomic mass is 10.0. The highest BCUT2D eigenvalue weighted by Gasteiger charge is 2.50. The maximum atomic E-state index is 12.3. The molecule has 280 valence electrons. The average molecular weight is 705 g/mol. The molecule has 6 aliphatic rings. The number of piperazine rings is 2. The Hall–Kier alpha value is -3.22. The maximum Gasteiger partial charge on any atom is 0.410 e. The van der Waals surface area contributed by atoms with Gasteiger partial charge in [-0.15, -0.1) is 0 Å². The van der Waals surface area contributed by atoms with E-state index in [1.807, 2.05) is 70.5 Å². The molecular weight excluding hydrogens is 644 g/mol. The number of rotatable bonds is 6. The highest BCUT2D eigenvalue weighted by Crippen LogP contribution is 2.44. The molecule has 2 aliphatic carbocycles. The normalized spacial score (nSPS) is 23.4.